The van der Waals surface area contributed by atoms with E-state index in [1.807, 2.05) is 63.2 Å². The molecule has 25 heavy (non-hydrogen) atoms. The number of carbonyl (C=O) groups excluding carboxylic acids is 1. The Morgan fingerprint density at radius 3 is 2.52 bits per heavy atom. The van der Waals surface area contributed by atoms with E-state index in [1.54, 1.807) is 6.07 Å². The molecule has 0 fully saturated rings. The van der Waals surface area contributed by atoms with Gasteiger partial charge in [-0.1, -0.05) is 30.3 Å². The van der Waals surface area contributed by atoms with Crippen molar-refractivity contribution in [3.8, 4) is 0 Å². The number of likely N-dealkylation sites (N-methyl/N-ethyl adjacent to an activating group) is 1. The number of hydrogen-bond acceptors (Lipinski definition) is 5. The molecule has 1 aromatic heterocycles. The van der Waals surface area contributed by atoms with Crippen molar-refractivity contribution in [1.29, 1.82) is 0 Å². The lowest BCUT2D eigenvalue weighted by Gasteiger charge is -2.26. The summed E-state index contributed by atoms with van der Waals surface area (Å²) in [5.41, 5.74) is 1.51. The van der Waals surface area contributed by atoms with Gasteiger partial charge in [-0.3, -0.25) is 4.79 Å². The van der Waals surface area contributed by atoms with Crippen LogP contribution in [-0.4, -0.2) is 58.9 Å². The number of benzene rings is 1. The lowest BCUT2D eigenvalue weighted by atomic mass is 10.1. The molecule has 0 bridgehead atoms. The molecule has 0 saturated carbocycles. The average Bonchev–Trinajstić information content (AvgIpc) is 2.60. The van der Waals surface area contributed by atoms with Gasteiger partial charge in [0.25, 0.3) is 5.91 Å². The molecule has 0 unspecified atom stereocenters. The van der Waals surface area contributed by atoms with Gasteiger partial charge in [-0.15, -0.1) is 0 Å². The van der Waals surface area contributed by atoms with E-state index >= 15 is 0 Å². The molecular weight excluding hydrogens is 314 g/mol. The third-order valence-corrected chi connectivity index (χ3v) is 3.83. The normalized spacial score (nSPS) is 11.0. The van der Waals surface area contributed by atoms with Gasteiger partial charge in [-0.05, 0) is 33.5 Å². The van der Waals surface area contributed by atoms with Crippen LogP contribution in [0.4, 0.5) is 5.82 Å². The van der Waals surface area contributed by atoms with Gasteiger partial charge in [0.2, 0.25) is 0 Å². The van der Waals surface area contributed by atoms with Crippen molar-refractivity contribution in [2.75, 3.05) is 32.5 Å². The van der Waals surface area contributed by atoms with Crippen LogP contribution in [0.15, 0.2) is 42.7 Å². The van der Waals surface area contributed by atoms with E-state index in [4.69, 9.17) is 0 Å². The van der Waals surface area contributed by atoms with Crippen molar-refractivity contribution in [2.45, 2.75) is 26.4 Å². The summed E-state index contributed by atoms with van der Waals surface area (Å²) < 4.78 is 0. The Morgan fingerprint density at radius 1 is 1.16 bits per heavy atom. The van der Waals surface area contributed by atoms with Crippen LogP contribution in [0.5, 0.6) is 0 Å². The highest BCUT2D eigenvalue weighted by Gasteiger charge is 2.20. The van der Waals surface area contributed by atoms with Crippen LogP contribution < -0.4 is 5.32 Å². The quantitative estimate of drug-likeness (QED) is 0.799. The van der Waals surface area contributed by atoms with Crippen LogP contribution in [-0.2, 0) is 6.54 Å². The molecule has 2 aromatic rings. The van der Waals surface area contributed by atoms with Gasteiger partial charge in [0.05, 0.1) is 0 Å². The Kier molecular flexibility index (Phi) is 6.89. The minimum atomic E-state index is -0.0862. The van der Waals surface area contributed by atoms with E-state index in [1.165, 1.54) is 6.33 Å². The lowest BCUT2D eigenvalue weighted by Crippen LogP contribution is -2.37. The predicted octanol–water partition coefficient (Wildman–Crippen LogP) is 2.50. The van der Waals surface area contributed by atoms with Crippen LogP contribution in [0.25, 0.3) is 0 Å². The molecule has 1 aromatic carbocycles. The summed E-state index contributed by atoms with van der Waals surface area (Å²) in [7, 11) is 4.03. The van der Waals surface area contributed by atoms with Crippen LogP contribution in [0, 0.1) is 0 Å². The molecule has 0 radical (unpaired) electrons. The van der Waals surface area contributed by atoms with E-state index in [0.29, 0.717) is 18.1 Å². The second kappa shape index (κ2) is 9.13. The fourth-order valence-electron chi connectivity index (χ4n) is 2.39. The van der Waals surface area contributed by atoms with Gasteiger partial charge in [0.15, 0.2) is 0 Å². The zero-order valence-corrected chi connectivity index (χ0v) is 15.4. The van der Waals surface area contributed by atoms with Crippen LogP contribution in [0.1, 0.15) is 29.9 Å². The van der Waals surface area contributed by atoms with Crippen molar-refractivity contribution in [3.63, 3.8) is 0 Å². The molecule has 0 spiro atoms. The summed E-state index contributed by atoms with van der Waals surface area (Å²) in [5, 5.41) is 3.23. The Labute approximate surface area is 149 Å². The molecule has 6 nitrogen and oxygen atoms in total. The van der Waals surface area contributed by atoms with Gasteiger partial charge in [-0.2, -0.15) is 0 Å². The maximum Gasteiger partial charge on any atom is 0.273 e. The van der Waals surface area contributed by atoms with Crippen molar-refractivity contribution in [3.05, 3.63) is 54.0 Å². The number of hydrogen-bond donors (Lipinski definition) is 1. The second-order valence-corrected chi connectivity index (χ2v) is 6.53. The van der Waals surface area contributed by atoms with Gasteiger partial charge in [0.1, 0.15) is 17.8 Å². The Bertz CT molecular complexity index is 673. The van der Waals surface area contributed by atoms with E-state index in [2.05, 4.69) is 20.2 Å². The zero-order valence-electron chi connectivity index (χ0n) is 15.4. The summed E-state index contributed by atoms with van der Waals surface area (Å²) in [5.74, 6) is 0.584. The fraction of sp³-hybridized carbons (Fsp3) is 0.421. The molecule has 2 rings (SSSR count). The number of aromatic nitrogens is 2. The van der Waals surface area contributed by atoms with Crippen molar-refractivity contribution in [2.24, 2.45) is 0 Å². The number of rotatable bonds is 8. The number of carbonyl (C=O) groups is 1. The van der Waals surface area contributed by atoms with Crippen molar-refractivity contribution >= 4 is 11.7 Å². The molecule has 1 amide bonds. The highest BCUT2D eigenvalue weighted by Crippen LogP contribution is 2.13. The first kappa shape index (κ1) is 18.9. The third kappa shape index (κ3) is 5.83. The molecule has 1 heterocycles. The highest BCUT2D eigenvalue weighted by atomic mass is 16.2. The van der Waals surface area contributed by atoms with Crippen molar-refractivity contribution in [1.82, 2.24) is 19.8 Å². The first-order valence-corrected chi connectivity index (χ1v) is 8.53. The molecule has 0 atom stereocenters. The van der Waals surface area contributed by atoms with E-state index in [0.717, 1.165) is 18.7 Å². The van der Waals surface area contributed by atoms with Gasteiger partial charge >= 0.3 is 0 Å². The monoisotopic (exact) mass is 341 g/mol. The number of anilines is 1. The summed E-state index contributed by atoms with van der Waals surface area (Å²) in [6.07, 6.45) is 1.44. The van der Waals surface area contributed by atoms with Crippen LogP contribution in [0.3, 0.4) is 0 Å². The lowest BCUT2D eigenvalue weighted by molar-refractivity contribution is 0.0684. The third-order valence-electron chi connectivity index (χ3n) is 3.83. The number of amides is 1. The van der Waals surface area contributed by atoms with E-state index in [9.17, 15) is 4.79 Å². The Morgan fingerprint density at radius 2 is 1.88 bits per heavy atom. The number of nitrogens with zero attached hydrogens (tertiary/aromatic N) is 4. The summed E-state index contributed by atoms with van der Waals surface area (Å²) in [4.78, 5) is 25.2. The minimum Gasteiger partial charge on any atom is -0.369 e. The highest BCUT2D eigenvalue weighted by molar-refractivity contribution is 5.93. The molecule has 0 saturated heterocycles. The predicted molar refractivity (Wildman–Crippen MR) is 101 cm³/mol. The van der Waals surface area contributed by atoms with E-state index in [-0.39, 0.29) is 11.9 Å². The first-order chi connectivity index (χ1) is 12.0. The Hall–Kier alpha value is -2.47. The zero-order chi connectivity index (χ0) is 18.2. The molecular formula is C19H27N5O. The van der Waals surface area contributed by atoms with E-state index < -0.39 is 0 Å². The molecule has 1 N–H and O–H groups in total. The topological polar surface area (TPSA) is 61.4 Å². The number of nitrogens with one attached hydrogen (secondary N) is 1. The molecule has 0 aliphatic rings. The fourth-order valence-corrected chi connectivity index (χ4v) is 2.39. The molecule has 134 valence electrons. The maximum absolute atomic E-state index is 12.9. The molecule has 0 aliphatic carbocycles. The van der Waals surface area contributed by atoms with Gasteiger partial charge in [0, 0.05) is 31.7 Å². The smallest absolute Gasteiger partial charge is 0.273 e. The Balaban J connectivity index is 2.10. The minimum absolute atomic E-state index is 0.0767. The molecule has 6 heteroatoms. The van der Waals surface area contributed by atoms with Crippen LogP contribution in [0.2, 0.25) is 0 Å². The van der Waals surface area contributed by atoms with Gasteiger partial charge < -0.3 is 15.1 Å². The standard InChI is InChI=1S/C19H27N5O/c1-15(2)24(13-16-8-6-5-7-9-16)19(25)17-12-18(22-14-21-17)20-10-11-23(3)4/h5-9,12,14-15H,10-11,13H2,1-4H3,(H,20,21,22). The first-order valence-electron chi connectivity index (χ1n) is 8.53. The second-order valence-electron chi connectivity index (χ2n) is 6.53. The summed E-state index contributed by atoms with van der Waals surface area (Å²) in [6.45, 7) is 6.23. The van der Waals surface area contributed by atoms with Crippen LogP contribution >= 0.6 is 0 Å². The van der Waals surface area contributed by atoms with Gasteiger partial charge in [-0.25, -0.2) is 9.97 Å². The SMILES string of the molecule is CC(C)N(Cc1ccccc1)C(=O)c1cc(NCCN(C)C)ncn1. The summed E-state index contributed by atoms with van der Waals surface area (Å²) in [6, 6.07) is 11.8. The van der Waals surface area contributed by atoms with Crippen molar-refractivity contribution < 1.29 is 4.79 Å². The average molecular weight is 341 g/mol. The largest absolute Gasteiger partial charge is 0.369 e. The molecule has 0 aliphatic heterocycles. The maximum atomic E-state index is 12.9. The summed E-state index contributed by atoms with van der Waals surface area (Å²) >= 11 is 0.